The first kappa shape index (κ1) is 30.3. The number of carboxylic acid groups (broad SMARTS) is 1. The molecule has 13 nitrogen and oxygen atoms in total. The Labute approximate surface area is 260 Å². The minimum Gasteiger partial charge on any atom is -0.550 e. The molecule has 2 aromatic rings. The summed E-state index contributed by atoms with van der Waals surface area (Å²) in [5.74, 6) is -0.551. The van der Waals surface area contributed by atoms with E-state index in [0.29, 0.717) is 30.7 Å². The van der Waals surface area contributed by atoms with E-state index in [9.17, 15) is 24.3 Å². The fourth-order valence-electron chi connectivity index (χ4n) is 8.59. The number of aromatic nitrogens is 2. The molecule has 4 bridgehead atoms. The molecule has 1 saturated heterocycles. The smallest absolute Gasteiger partial charge is 0.408 e. The molecule has 14 heteroatoms. The van der Waals surface area contributed by atoms with Gasteiger partial charge in [0.2, 0.25) is 0 Å². The summed E-state index contributed by atoms with van der Waals surface area (Å²) in [4.78, 5) is 56.2. The molecule has 1 aromatic carbocycles. The van der Waals surface area contributed by atoms with Gasteiger partial charge >= 0.3 is 17.1 Å². The first-order valence-electron chi connectivity index (χ1n) is 15.4. The SMILES string of the molecule is CC(=O)N(C(CC(=O)[O-])NC(=O)OCC12CC3CC(CC(C3)C1)C2)[N+]1(CCCNn2cnc3ccccc32)C(=O)CNC1=S. The Hall–Kier alpha value is -3.78. The summed E-state index contributed by atoms with van der Waals surface area (Å²) < 4.78 is 6.76. The fourth-order valence-corrected chi connectivity index (χ4v) is 8.94. The number of imidazole rings is 1. The van der Waals surface area contributed by atoms with Gasteiger partial charge in [0.05, 0.1) is 17.6 Å². The molecule has 1 aliphatic heterocycles. The maximum Gasteiger partial charge on any atom is 0.408 e. The minimum absolute atomic E-state index is 0.0391. The van der Waals surface area contributed by atoms with E-state index in [0.717, 1.165) is 35.3 Å². The predicted octanol–water partition coefficient (Wildman–Crippen LogP) is 1.37. The van der Waals surface area contributed by atoms with Crippen molar-refractivity contribution in [3.8, 4) is 0 Å². The average molecular weight is 626 g/mol. The number of fused-ring (bicyclic) bond motifs is 1. The van der Waals surface area contributed by atoms with Crippen LogP contribution in [0.4, 0.5) is 4.79 Å². The lowest BCUT2D eigenvalue weighted by Crippen LogP contribution is -2.72. The van der Waals surface area contributed by atoms with Crippen LogP contribution >= 0.6 is 12.2 Å². The highest BCUT2D eigenvalue weighted by molar-refractivity contribution is 7.80. The molecule has 5 fully saturated rings. The zero-order chi connectivity index (χ0) is 31.1. The zero-order valence-electron chi connectivity index (χ0n) is 24.8. The maximum atomic E-state index is 13.5. The molecule has 0 spiro atoms. The molecule has 5 aliphatic rings. The average Bonchev–Trinajstić information content (AvgIpc) is 3.49. The van der Waals surface area contributed by atoms with Crippen LogP contribution in [-0.4, -0.2) is 80.7 Å². The molecule has 3 N–H and O–H groups in total. The number of nitrogens with one attached hydrogen (secondary N) is 3. The molecule has 1 aromatic heterocycles. The number of aliphatic carboxylic acids is 1. The number of rotatable bonds is 12. The topological polar surface area (TPSA) is 158 Å². The van der Waals surface area contributed by atoms with Crippen molar-refractivity contribution in [2.75, 3.05) is 31.7 Å². The third kappa shape index (κ3) is 5.72. The highest BCUT2D eigenvalue weighted by Gasteiger charge is 2.56. The Morgan fingerprint density at radius 3 is 2.50 bits per heavy atom. The van der Waals surface area contributed by atoms with Gasteiger partial charge in [-0.1, -0.05) is 16.7 Å². The second-order valence-electron chi connectivity index (χ2n) is 13.0. The van der Waals surface area contributed by atoms with E-state index in [4.69, 9.17) is 17.0 Å². The molecule has 236 valence electrons. The Balaban J connectivity index is 1.16. The number of quaternary nitrogens is 1. The van der Waals surface area contributed by atoms with Gasteiger partial charge in [-0.25, -0.2) is 19.2 Å². The van der Waals surface area contributed by atoms with Crippen molar-refractivity contribution in [2.24, 2.45) is 23.2 Å². The van der Waals surface area contributed by atoms with Crippen molar-refractivity contribution in [1.82, 2.24) is 25.3 Å². The number of carboxylic acids is 1. The molecule has 4 aliphatic carbocycles. The maximum absolute atomic E-state index is 13.5. The van der Waals surface area contributed by atoms with Gasteiger partial charge in [0.25, 0.3) is 5.91 Å². The number of benzene rings is 1. The number of para-hydroxylation sites is 2. The van der Waals surface area contributed by atoms with Crippen molar-refractivity contribution in [3.05, 3.63) is 30.6 Å². The molecule has 4 saturated carbocycles. The van der Waals surface area contributed by atoms with Crippen molar-refractivity contribution < 1.29 is 33.6 Å². The lowest BCUT2D eigenvalue weighted by Gasteiger charge is -2.56. The van der Waals surface area contributed by atoms with E-state index >= 15 is 0 Å². The molecule has 44 heavy (non-hydrogen) atoms. The second kappa shape index (κ2) is 12.0. The number of ether oxygens (including phenoxy) is 1. The van der Waals surface area contributed by atoms with Gasteiger partial charge in [0.15, 0.2) is 6.17 Å². The summed E-state index contributed by atoms with van der Waals surface area (Å²) in [7, 11) is 0. The van der Waals surface area contributed by atoms with Crippen LogP contribution in [-0.2, 0) is 19.1 Å². The Kier molecular flexibility index (Phi) is 8.22. The summed E-state index contributed by atoms with van der Waals surface area (Å²) in [5, 5.41) is 18.4. The van der Waals surface area contributed by atoms with E-state index in [1.807, 2.05) is 24.3 Å². The summed E-state index contributed by atoms with van der Waals surface area (Å²) in [6.45, 7) is 1.74. The van der Waals surface area contributed by atoms with Gasteiger partial charge in [-0.3, -0.25) is 10.1 Å². The molecule has 2 unspecified atom stereocenters. The standard InChI is InChI=1S/C30H39N7O6S/c1-19(38)36(25(12-27(40)41)34-29(42)43-17-30-13-20-9-21(14-30)11-22(10-20)15-30)37(26(39)16-31-28(37)44)8-4-7-33-35-18-32-23-5-2-3-6-24(23)35/h2-3,5-6,18,20-22,25,33H,4,7-17H2,1H3,(H2-,31,34,40,41,42,44). The summed E-state index contributed by atoms with van der Waals surface area (Å²) in [5.41, 5.74) is 4.89. The fraction of sp³-hybridized carbons (Fsp3) is 0.600. The van der Waals surface area contributed by atoms with Gasteiger partial charge in [-0.2, -0.15) is 5.01 Å². The number of amides is 3. The minimum atomic E-state index is -1.50. The molecule has 3 amide bonds. The Morgan fingerprint density at radius 1 is 1.20 bits per heavy atom. The highest BCUT2D eigenvalue weighted by atomic mass is 32.1. The molecule has 2 heterocycles. The number of alkyl carbamates (subject to hydrolysis) is 1. The molecule has 0 radical (unpaired) electrons. The highest BCUT2D eigenvalue weighted by Crippen LogP contribution is 2.60. The number of hydrogen-bond donors (Lipinski definition) is 3. The molecular formula is C30H39N7O6S. The number of carbonyl (C=O) groups is 4. The summed E-state index contributed by atoms with van der Waals surface area (Å²) in [6.07, 6.45) is 5.85. The second-order valence-corrected chi connectivity index (χ2v) is 13.4. The van der Waals surface area contributed by atoms with E-state index in [1.165, 1.54) is 26.2 Å². The van der Waals surface area contributed by atoms with Crippen LogP contribution < -0.4 is 21.2 Å². The van der Waals surface area contributed by atoms with Crippen LogP contribution in [0.1, 0.15) is 58.3 Å². The van der Waals surface area contributed by atoms with Crippen LogP contribution in [0.3, 0.4) is 0 Å². The summed E-state index contributed by atoms with van der Waals surface area (Å²) in [6, 6.07) is 7.61. The van der Waals surface area contributed by atoms with Crippen molar-refractivity contribution in [1.29, 1.82) is 0 Å². The zero-order valence-corrected chi connectivity index (χ0v) is 25.6. The number of hydrogen-bond acceptors (Lipinski definition) is 9. The van der Waals surface area contributed by atoms with E-state index < -0.39 is 41.1 Å². The van der Waals surface area contributed by atoms with Crippen LogP contribution in [0.25, 0.3) is 11.0 Å². The molecule has 2 atom stereocenters. The third-order valence-corrected chi connectivity index (χ3v) is 10.3. The van der Waals surface area contributed by atoms with Crippen LogP contribution in [0.5, 0.6) is 0 Å². The third-order valence-electron chi connectivity index (χ3n) is 9.84. The van der Waals surface area contributed by atoms with Crippen LogP contribution in [0.2, 0.25) is 0 Å². The number of nitrogens with zero attached hydrogens (tertiary/aromatic N) is 4. The van der Waals surface area contributed by atoms with Crippen molar-refractivity contribution in [2.45, 2.75) is 64.5 Å². The molecular weight excluding hydrogens is 586 g/mol. The van der Waals surface area contributed by atoms with E-state index in [2.05, 4.69) is 21.0 Å². The monoisotopic (exact) mass is 625 g/mol. The molecule has 7 rings (SSSR count). The van der Waals surface area contributed by atoms with Crippen LogP contribution in [0, 0.1) is 23.2 Å². The quantitative estimate of drug-likeness (QED) is 0.136. The first-order valence-corrected chi connectivity index (χ1v) is 15.8. The van der Waals surface area contributed by atoms with Gasteiger partial charge in [0, 0.05) is 49.9 Å². The van der Waals surface area contributed by atoms with Crippen molar-refractivity contribution >= 4 is 52.2 Å². The number of thiocarbonyl (C=S) groups is 1. The van der Waals surface area contributed by atoms with Crippen LogP contribution in [0.15, 0.2) is 30.6 Å². The van der Waals surface area contributed by atoms with Gasteiger partial charge < -0.3 is 25.4 Å². The normalized spacial score (nSPS) is 29.3. The summed E-state index contributed by atoms with van der Waals surface area (Å²) >= 11 is 5.57. The lowest BCUT2D eigenvalue weighted by molar-refractivity contribution is -0.876. The Morgan fingerprint density at radius 2 is 1.89 bits per heavy atom. The predicted molar refractivity (Wildman–Crippen MR) is 160 cm³/mol. The van der Waals surface area contributed by atoms with Crippen molar-refractivity contribution in [3.63, 3.8) is 0 Å². The Bertz CT molecular complexity index is 1430. The van der Waals surface area contributed by atoms with Gasteiger partial charge in [-0.15, -0.1) is 0 Å². The van der Waals surface area contributed by atoms with E-state index in [-0.39, 0.29) is 30.2 Å². The van der Waals surface area contributed by atoms with Gasteiger partial charge in [-0.05, 0) is 68.4 Å². The van der Waals surface area contributed by atoms with E-state index in [1.54, 1.807) is 11.0 Å². The number of carbonyl (C=O) groups excluding carboxylic acids is 4. The lowest BCUT2D eigenvalue weighted by atomic mass is 9.50. The largest absolute Gasteiger partial charge is 0.550 e. The first-order chi connectivity index (χ1) is 21.1. The van der Waals surface area contributed by atoms with Gasteiger partial charge in [0.1, 0.15) is 19.4 Å².